The minimum atomic E-state index is 0.868. The van der Waals surface area contributed by atoms with Crippen LogP contribution >= 0.6 is 0 Å². The van der Waals surface area contributed by atoms with Crippen LogP contribution in [0, 0.1) is 0 Å². The summed E-state index contributed by atoms with van der Waals surface area (Å²) < 4.78 is 0. The predicted molar refractivity (Wildman–Crippen MR) is 125 cm³/mol. The Morgan fingerprint density at radius 3 is 1.30 bits per heavy atom. The van der Waals surface area contributed by atoms with Crippen LogP contribution in [0.15, 0.2) is 91.1 Å². The van der Waals surface area contributed by atoms with Gasteiger partial charge in [0.05, 0.1) is 11.7 Å². The number of rotatable bonds is 0. The molecule has 0 aliphatic rings. The summed E-state index contributed by atoms with van der Waals surface area (Å²) in [5.74, 6) is 0. The van der Waals surface area contributed by atoms with Gasteiger partial charge in [0.15, 0.2) is 0 Å². The van der Waals surface area contributed by atoms with E-state index in [-0.39, 0.29) is 0 Å². The molecule has 0 saturated carbocycles. The molecule has 0 aliphatic carbocycles. The summed E-state index contributed by atoms with van der Waals surface area (Å²) in [6.45, 7) is 0. The first-order valence-corrected chi connectivity index (χ1v) is 10.0. The number of aromatic nitrogens is 3. The summed E-state index contributed by atoms with van der Waals surface area (Å²) >= 11 is 0. The molecule has 0 atom stereocenters. The Hall–Kier alpha value is -4.11. The van der Waals surface area contributed by atoms with Crippen LogP contribution in [-0.4, -0.2) is 15.4 Å². The minimum Gasteiger partial charge on any atom is -0.138 e. The molecule has 0 amide bonds. The lowest BCUT2D eigenvalue weighted by atomic mass is 9.90. The van der Waals surface area contributed by atoms with Crippen LogP contribution in [0.4, 0.5) is 0 Å². The number of benzene rings is 6. The summed E-state index contributed by atoms with van der Waals surface area (Å²) in [5, 5.41) is 25.6. The van der Waals surface area contributed by atoms with Crippen LogP contribution in [0.1, 0.15) is 0 Å². The predicted octanol–water partition coefficient (Wildman–Crippen LogP) is 6.79. The maximum absolute atomic E-state index is 4.27. The van der Waals surface area contributed by atoms with Gasteiger partial charge < -0.3 is 0 Å². The maximum atomic E-state index is 4.27. The molecule has 0 spiro atoms. The highest BCUT2D eigenvalue weighted by atomic mass is 15.3. The Labute approximate surface area is 171 Å². The molecule has 7 rings (SSSR count). The molecule has 0 bridgehead atoms. The van der Waals surface area contributed by atoms with E-state index in [0.717, 1.165) is 10.9 Å². The van der Waals surface area contributed by atoms with Crippen LogP contribution in [0.5, 0.6) is 0 Å². The van der Waals surface area contributed by atoms with Gasteiger partial charge in [-0.05, 0) is 95.5 Å². The Morgan fingerprint density at radius 1 is 0.433 bits per heavy atom. The minimum absolute atomic E-state index is 0.868. The van der Waals surface area contributed by atoms with E-state index in [1.54, 1.807) is 6.20 Å². The SMILES string of the molecule is c1ccc2cc3c(cc2c1)c1cc2ccccc2cc1c1cc2nnncc2cc31. The molecule has 30 heavy (non-hydrogen) atoms. The van der Waals surface area contributed by atoms with Crippen molar-refractivity contribution in [2.45, 2.75) is 0 Å². The molecule has 1 aromatic heterocycles. The third kappa shape index (κ3) is 2.12. The Bertz CT molecular complexity index is 1430. The van der Waals surface area contributed by atoms with E-state index in [4.69, 9.17) is 0 Å². The second-order valence-corrected chi connectivity index (χ2v) is 7.88. The molecule has 6 aromatic carbocycles. The van der Waals surface area contributed by atoms with Crippen molar-refractivity contribution in [1.29, 1.82) is 0 Å². The van der Waals surface area contributed by atoms with E-state index >= 15 is 0 Å². The van der Waals surface area contributed by atoms with Gasteiger partial charge in [0.25, 0.3) is 0 Å². The smallest absolute Gasteiger partial charge is 0.0970 e. The number of nitrogens with zero attached hydrogens (tertiary/aromatic N) is 3. The third-order valence-corrected chi connectivity index (χ3v) is 6.21. The molecule has 7 aromatic rings. The van der Waals surface area contributed by atoms with E-state index in [1.165, 1.54) is 53.9 Å². The van der Waals surface area contributed by atoms with Gasteiger partial charge in [-0.25, -0.2) is 0 Å². The van der Waals surface area contributed by atoms with Crippen molar-refractivity contribution in [2.75, 3.05) is 0 Å². The monoisotopic (exact) mass is 381 g/mol. The van der Waals surface area contributed by atoms with Crippen molar-refractivity contribution in [1.82, 2.24) is 15.4 Å². The van der Waals surface area contributed by atoms with Gasteiger partial charge in [0.1, 0.15) is 0 Å². The van der Waals surface area contributed by atoms with Gasteiger partial charge in [-0.1, -0.05) is 48.5 Å². The zero-order valence-corrected chi connectivity index (χ0v) is 16.0. The van der Waals surface area contributed by atoms with Crippen LogP contribution in [0.3, 0.4) is 0 Å². The fraction of sp³-hybridized carbons (Fsp3) is 0. The highest BCUT2D eigenvalue weighted by Crippen LogP contribution is 2.40. The Morgan fingerprint density at radius 2 is 0.833 bits per heavy atom. The van der Waals surface area contributed by atoms with E-state index in [1.807, 2.05) is 0 Å². The van der Waals surface area contributed by atoms with Crippen molar-refractivity contribution in [3.8, 4) is 0 Å². The average molecular weight is 381 g/mol. The fourth-order valence-electron chi connectivity index (χ4n) is 4.77. The van der Waals surface area contributed by atoms with E-state index in [9.17, 15) is 0 Å². The maximum Gasteiger partial charge on any atom is 0.0970 e. The Balaban J connectivity index is 1.82. The first-order valence-electron chi connectivity index (χ1n) is 10.0. The molecule has 138 valence electrons. The normalized spacial score (nSPS) is 12.0. The molecule has 0 unspecified atom stereocenters. The molecule has 0 fully saturated rings. The van der Waals surface area contributed by atoms with Gasteiger partial charge in [-0.2, -0.15) is 0 Å². The van der Waals surface area contributed by atoms with E-state index in [0.29, 0.717) is 0 Å². The lowest BCUT2D eigenvalue weighted by molar-refractivity contribution is 0.896. The van der Waals surface area contributed by atoms with Crippen molar-refractivity contribution in [3.05, 3.63) is 91.1 Å². The molecule has 1 heterocycles. The van der Waals surface area contributed by atoms with Gasteiger partial charge in [0, 0.05) is 5.39 Å². The lowest BCUT2D eigenvalue weighted by Crippen LogP contribution is -1.90. The lowest BCUT2D eigenvalue weighted by Gasteiger charge is -2.13. The first kappa shape index (κ1) is 15.8. The molecule has 0 radical (unpaired) electrons. The van der Waals surface area contributed by atoms with Crippen LogP contribution in [0.2, 0.25) is 0 Å². The molecule has 0 N–H and O–H groups in total. The van der Waals surface area contributed by atoms with Gasteiger partial charge in [0.2, 0.25) is 0 Å². The molecule has 3 heteroatoms. The van der Waals surface area contributed by atoms with Crippen LogP contribution < -0.4 is 0 Å². The summed E-state index contributed by atoms with van der Waals surface area (Å²) in [7, 11) is 0. The zero-order chi connectivity index (χ0) is 19.7. The second kappa shape index (κ2) is 5.71. The van der Waals surface area contributed by atoms with Gasteiger partial charge >= 0.3 is 0 Å². The van der Waals surface area contributed by atoms with Gasteiger partial charge in [-0.3, -0.25) is 0 Å². The topological polar surface area (TPSA) is 38.7 Å². The average Bonchev–Trinajstić information content (AvgIpc) is 2.81. The van der Waals surface area contributed by atoms with Crippen LogP contribution in [0.25, 0.3) is 64.8 Å². The summed E-state index contributed by atoms with van der Waals surface area (Å²) in [5.41, 5.74) is 0.868. The van der Waals surface area contributed by atoms with Crippen molar-refractivity contribution < 1.29 is 0 Å². The highest BCUT2D eigenvalue weighted by Gasteiger charge is 2.12. The summed E-state index contributed by atoms with van der Waals surface area (Å²) in [4.78, 5) is 0. The van der Waals surface area contributed by atoms with Crippen molar-refractivity contribution in [3.63, 3.8) is 0 Å². The number of hydrogen-bond donors (Lipinski definition) is 0. The number of fused-ring (bicyclic) bond motifs is 9. The third-order valence-electron chi connectivity index (χ3n) is 6.21. The first-order chi connectivity index (χ1) is 14.8. The molecule has 0 aliphatic heterocycles. The van der Waals surface area contributed by atoms with E-state index < -0.39 is 0 Å². The molecular weight excluding hydrogens is 366 g/mol. The Kier molecular flexibility index (Phi) is 3.00. The van der Waals surface area contributed by atoms with Gasteiger partial charge in [-0.15, -0.1) is 10.2 Å². The summed E-state index contributed by atoms with van der Waals surface area (Å²) in [6, 6.07) is 30.8. The highest BCUT2D eigenvalue weighted by molar-refractivity contribution is 6.30. The largest absolute Gasteiger partial charge is 0.138 e. The molecule has 0 saturated heterocycles. The number of hydrogen-bond acceptors (Lipinski definition) is 3. The molecular formula is C27H15N3. The van der Waals surface area contributed by atoms with Crippen molar-refractivity contribution >= 4 is 64.8 Å². The second-order valence-electron chi connectivity index (χ2n) is 7.88. The quantitative estimate of drug-likeness (QED) is 0.214. The van der Waals surface area contributed by atoms with E-state index in [2.05, 4.69) is 100 Å². The standard InChI is InChI=1S/C27H15N3/c1-2-7-18-11-23-21(9-16(18)5-1)22-10-17-6-3-4-8-19(17)12-24(22)26-14-27-20(13-25(23)26)15-28-30-29-27/h1-15H. The zero-order valence-electron chi connectivity index (χ0n) is 16.0. The van der Waals surface area contributed by atoms with Crippen molar-refractivity contribution in [2.24, 2.45) is 0 Å². The molecule has 3 nitrogen and oxygen atoms in total. The summed E-state index contributed by atoms with van der Waals surface area (Å²) in [6.07, 6.45) is 1.79. The fourth-order valence-corrected chi connectivity index (χ4v) is 4.77. The van der Waals surface area contributed by atoms with Crippen LogP contribution in [-0.2, 0) is 0 Å².